The molecule has 1 saturated carbocycles. The molecule has 0 aliphatic heterocycles. The Bertz CT molecular complexity index is 748. The number of rotatable bonds is 7. The number of ether oxygens (including phenoxy) is 2. The van der Waals surface area contributed by atoms with Gasteiger partial charge in [0.1, 0.15) is 6.61 Å². The summed E-state index contributed by atoms with van der Waals surface area (Å²) in [5, 5.41) is 3.19. The van der Waals surface area contributed by atoms with Gasteiger partial charge in [-0.2, -0.15) is 0 Å². The van der Waals surface area contributed by atoms with Crippen LogP contribution in [0.3, 0.4) is 0 Å². The molecule has 0 spiro atoms. The number of amides is 1. The molecule has 144 valence electrons. The van der Waals surface area contributed by atoms with Crippen molar-refractivity contribution in [2.75, 3.05) is 6.61 Å². The standard InChI is InChI=1S/C22H28N2O3/c1-3-26-21-13-18(22(25)24-19-9-5-4-7-16(19)2)10-11-20(21)27-15-17-8-6-12-23-14-17/h6,8,10-14,16,19H,3-5,7,9,15H2,1-2H3,(H,24,25)/t16-,19+/m1/s1. The molecular weight excluding hydrogens is 340 g/mol. The average Bonchev–Trinajstić information content (AvgIpc) is 2.69. The Morgan fingerprint density at radius 1 is 1.19 bits per heavy atom. The zero-order chi connectivity index (χ0) is 19.1. The number of hydrogen-bond acceptors (Lipinski definition) is 4. The summed E-state index contributed by atoms with van der Waals surface area (Å²) in [5.74, 6) is 1.69. The van der Waals surface area contributed by atoms with Crippen LogP contribution in [0.5, 0.6) is 11.5 Å². The molecule has 0 bridgehead atoms. The highest BCUT2D eigenvalue weighted by molar-refractivity contribution is 5.95. The molecule has 1 heterocycles. The van der Waals surface area contributed by atoms with E-state index in [0.29, 0.717) is 36.2 Å². The molecule has 27 heavy (non-hydrogen) atoms. The average molecular weight is 368 g/mol. The van der Waals surface area contributed by atoms with E-state index in [2.05, 4.69) is 17.2 Å². The van der Waals surface area contributed by atoms with Gasteiger partial charge in [0.25, 0.3) is 5.91 Å². The van der Waals surface area contributed by atoms with E-state index in [9.17, 15) is 4.79 Å². The minimum Gasteiger partial charge on any atom is -0.490 e. The van der Waals surface area contributed by atoms with Crippen molar-refractivity contribution in [1.82, 2.24) is 10.3 Å². The largest absolute Gasteiger partial charge is 0.490 e. The van der Waals surface area contributed by atoms with Gasteiger partial charge in [-0.15, -0.1) is 0 Å². The van der Waals surface area contributed by atoms with Crippen LogP contribution >= 0.6 is 0 Å². The normalized spacial score (nSPS) is 19.3. The molecule has 0 saturated heterocycles. The minimum absolute atomic E-state index is 0.0477. The van der Waals surface area contributed by atoms with E-state index >= 15 is 0 Å². The SMILES string of the molecule is CCOc1cc(C(=O)N[C@H]2CCCC[C@H]2C)ccc1OCc1cccnc1. The summed E-state index contributed by atoms with van der Waals surface area (Å²) < 4.78 is 11.6. The smallest absolute Gasteiger partial charge is 0.251 e. The van der Waals surface area contributed by atoms with Gasteiger partial charge in [0.15, 0.2) is 11.5 Å². The van der Waals surface area contributed by atoms with Gasteiger partial charge < -0.3 is 14.8 Å². The molecular formula is C22H28N2O3. The highest BCUT2D eigenvalue weighted by atomic mass is 16.5. The molecule has 1 N–H and O–H groups in total. The van der Waals surface area contributed by atoms with Crippen LogP contribution in [0.15, 0.2) is 42.7 Å². The van der Waals surface area contributed by atoms with Gasteiger partial charge in [-0.05, 0) is 49.9 Å². The molecule has 1 aromatic carbocycles. The van der Waals surface area contributed by atoms with Gasteiger partial charge in [-0.1, -0.05) is 25.8 Å². The van der Waals surface area contributed by atoms with Crippen molar-refractivity contribution in [2.24, 2.45) is 5.92 Å². The molecule has 2 atom stereocenters. The second-order valence-electron chi connectivity index (χ2n) is 7.09. The molecule has 1 aliphatic rings. The van der Waals surface area contributed by atoms with Crippen LogP contribution in [0.4, 0.5) is 0 Å². The fraction of sp³-hybridized carbons (Fsp3) is 0.455. The summed E-state index contributed by atoms with van der Waals surface area (Å²) in [7, 11) is 0. The predicted molar refractivity (Wildman–Crippen MR) is 105 cm³/mol. The van der Waals surface area contributed by atoms with Crippen LogP contribution in [0.2, 0.25) is 0 Å². The third kappa shape index (κ3) is 5.22. The van der Waals surface area contributed by atoms with Gasteiger partial charge in [-0.25, -0.2) is 0 Å². The minimum atomic E-state index is -0.0477. The zero-order valence-electron chi connectivity index (χ0n) is 16.1. The van der Waals surface area contributed by atoms with Crippen molar-refractivity contribution in [3.8, 4) is 11.5 Å². The van der Waals surface area contributed by atoms with Gasteiger partial charge in [0, 0.05) is 29.6 Å². The molecule has 0 unspecified atom stereocenters. The Kier molecular flexibility index (Phi) is 6.69. The van der Waals surface area contributed by atoms with Gasteiger partial charge in [0.2, 0.25) is 0 Å². The number of benzene rings is 1. The van der Waals surface area contributed by atoms with Crippen molar-refractivity contribution in [2.45, 2.75) is 52.2 Å². The lowest BCUT2D eigenvalue weighted by atomic mass is 9.86. The van der Waals surface area contributed by atoms with E-state index < -0.39 is 0 Å². The van der Waals surface area contributed by atoms with E-state index in [1.54, 1.807) is 30.6 Å². The first kappa shape index (κ1) is 19.2. The Balaban J connectivity index is 1.69. The number of carbonyl (C=O) groups excluding carboxylic acids is 1. The topological polar surface area (TPSA) is 60.5 Å². The lowest BCUT2D eigenvalue weighted by Crippen LogP contribution is -2.41. The Morgan fingerprint density at radius 3 is 2.78 bits per heavy atom. The van der Waals surface area contributed by atoms with E-state index in [0.717, 1.165) is 12.0 Å². The number of aromatic nitrogens is 1. The zero-order valence-corrected chi connectivity index (χ0v) is 16.1. The van der Waals surface area contributed by atoms with Crippen LogP contribution < -0.4 is 14.8 Å². The Morgan fingerprint density at radius 2 is 2.04 bits per heavy atom. The summed E-state index contributed by atoms with van der Waals surface area (Å²) >= 11 is 0. The lowest BCUT2D eigenvalue weighted by molar-refractivity contribution is 0.0909. The van der Waals surface area contributed by atoms with Crippen LogP contribution in [0.1, 0.15) is 55.5 Å². The monoisotopic (exact) mass is 368 g/mol. The van der Waals surface area contributed by atoms with Crippen molar-refractivity contribution < 1.29 is 14.3 Å². The number of nitrogens with zero attached hydrogens (tertiary/aromatic N) is 1. The van der Waals surface area contributed by atoms with E-state index in [4.69, 9.17) is 9.47 Å². The summed E-state index contributed by atoms with van der Waals surface area (Å²) in [4.78, 5) is 16.8. The number of hydrogen-bond donors (Lipinski definition) is 1. The van der Waals surface area contributed by atoms with Crippen molar-refractivity contribution in [1.29, 1.82) is 0 Å². The molecule has 5 heteroatoms. The summed E-state index contributed by atoms with van der Waals surface area (Å²) in [6.45, 7) is 5.04. The lowest BCUT2D eigenvalue weighted by Gasteiger charge is -2.29. The fourth-order valence-corrected chi connectivity index (χ4v) is 3.46. The third-order valence-electron chi connectivity index (χ3n) is 5.05. The number of nitrogens with one attached hydrogen (secondary N) is 1. The van der Waals surface area contributed by atoms with Crippen LogP contribution in [-0.4, -0.2) is 23.5 Å². The maximum Gasteiger partial charge on any atom is 0.251 e. The molecule has 2 aromatic rings. The van der Waals surface area contributed by atoms with Crippen molar-refractivity contribution >= 4 is 5.91 Å². The van der Waals surface area contributed by atoms with E-state index in [1.165, 1.54) is 19.3 Å². The molecule has 1 aromatic heterocycles. The summed E-state index contributed by atoms with van der Waals surface area (Å²) in [5.41, 5.74) is 1.58. The van der Waals surface area contributed by atoms with Gasteiger partial charge in [0.05, 0.1) is 6.61 Å². The van der Waals surface area contributed by atoms with E-state index in [-0.39, 0.29) is 11.9 Å². The number of pyridine rings is 1. The predicted octanol–water partition coefficient (Wildman–Crippen LogP) is 4.37. The van der Waals surface area contributed by atoms with Crippen molar-refractivity contribution in [3.63, 3.8) is 0 Å². The quantitative estimate of drug-likeness (QED) is 0.788. The summed E-state index contributed by atoms with van der Waals surface area (Å²) in [6.07, 6.45) is 8.17. The maximum absolute atomic E-state index is 12.7. The first-order valence-corrected chi connectivity index (χ1v) is 9.76. The first-order chi connectivity index (χ1) is 13.2. The van der Waals surface area contributed by atoms with Gasteiger partial charge in [-0.3, -0.25) is 9.78 Å². The van der Waals surface area contributed by atoms with Crippen LogP contribution in [0, 0.1) is 5.92 Å². The highest BCUT2D eigenvalue weighted by Crippen LogP contribution is 2.30. The molecule has 5 nitrogen and oxygen atoms in total. The second kappa shape index (κ2) is 9.40. The van der Waals surface area contributed by atoms with Gasteiger partial charge >= 0.3 is 0 Å². The van der Waals surface area contributed by atoms with Crippen molar-refractivity contribution in [3.05, 3.63) is 53.9 Å². The fourth-order valence-electron chi connectivity index (χ4n) is 3.46. The van der Waals surface area contributed by atoms with Crippen LogP contribution in [-0.2, 0) is 6.61 Å². The molecule has 1 amide bonds. The molecule has 1 aliphatic carbocycles. The molecule has 1 fully saturated rings. The van der Waals surface area contributed by atoms with E-state index in [1.807, 2.05) is 19.1 Å². The Hall–Kier alpha value is -2.56. The molecule has 0 radical (unpaired) electrons. The third-order valence-corrected chi connectivity index (χ3v) is 5.05. The molecule has 3 rings (SSSR count). The maximum atomic E-state index is 12.7. The van der Waals surface area contributed by atoms with Crippen LogP contribution in [0.25, 0.3) is 0 Å². The summed E-state index contributed by atoms with van der Waals surface area (Å²) in [6, 6.07) is 9.46. The number of carbonyl (C=O) groups is 1. The first-order valence-electron chi connectivity index (χ1n) is 9.76. The second-order valence-corrected chi connectivity index (χ2v) is 7.09. The Labute approximate surface area is 161 Å². The highest BCUT2D eigenvalue weighted by Gasteiger charge is 2.23.